The number of aliphatic carboxylic acids is 1. The van der Waals surface area contributed by atoms with Crippen LogP contribution in [0.2, 0.25) is 0 Å². The SMILES string of the molecule is C=CCSc1ccccc1NC(=O)CN(C)CCC(=O)O.Cl. The number of amides is 1. The highest BCUT2D eigenvalue weighted by Gasteiger charge is 2.10. The second-order valence-electron chi connectivity index (χ2n) is 4.53. The van der Waals surface area contributed by atoms with Crippen LogP contribution in [0.5, 0.6) is 0 Å². The van der Waals surface area contributed by atoms with E-state index in [9.17, 15) is 9.59 Å². The number of hydrogen-bond donors (Lipinski definition) is 2. The van der Waals surface area contributed by atoms with E-state index in [2.05, 4.69) is 11.9 Å². The van der Waals surface area contributed by atoms with E-state index < -0.39 is 5.97 Å². The summed E-state index contributed by atoms with van der Waals surface area (Å²) in [4.78, 5) is 25.1. The minimum absolute atomic E-state index is 0. The Morgan fingerprint density at radius 2 is 2.09 bits per heavy atom. The molecule has 0 aliphatic carbocycles. The predicted molar refractivity (Wildman–Crippen MR) is 93.0 cm³/mol. The fraction of sp³-hybridized carbons (Fsp3) is 0.333. The summed E-state index contributed by atoms with van der Waals surface area (Å²) in [5.74, 6) is -0.256. The van der Waals surface area contributed by atoms with Gasteiger partial charge in [0, 0.05) is 17.2 Å². The van der Waals surface area contributed by atoms with Crippen LogP contribution in [0.4, 0.5) is 5.69 Å². The lowest BCUT2D eigenvalue weighted by Gasteiger charge is -2.16. The number of likely N-dealkylation sites (N-methyl/N-ethyl adjacent to an activating group) is 1. The number of carboxylic acids is 1. The third-order valence-corrected chi connectivity index (χ3v) is 3.71. The fourth-order valence-electron chi connectivity index (χ4n) is 1.64. The minimum atomic E-state index is -0.867. The molecule has 7 heteroatoms. The van der Waals surface area contributed by atoms with E-state index in [1.165, 1.54) is 0 Å². The van der Waals surface area contributed by atoms with Gasteiger partial charge in [-0.2, -0.15) is 0 Å². The molecule has 0 aromatic heterocycles. The van der Waals surface area contributed by atoms with Gasteiger partial charge in [0.15, 0.2) is 0 Å². The van der Waals surface area contributed by atoms with Crippen molar-refractivity contribution >= 4 is 41.7 Å². The number of carbonyl (C=O) groups is 2. The molecule has 0 heterocycles. The zero-order valence-electron chi connectivity index (χ0n) is 12.4. The lowest BCUT2D eigenvalue weighted by Crippen LogP contribution is -2.31. The van der Waals surface area contributed by atoms with Gasteiger partial charge >= 0.3 is 5.97 Å². The maximum Gasteiger partial charge on any atom is 0.304 e. The normalized spacial score (nSPS) is 9.91. The lowest BCUT2D eigenvalue weighted by molar-refractivity contribution is -0.137. The Kier molecular flexibility index (Phi) is 10.4. The number of para-hydroxylation sites is 1. The Labute approximate surface area is 141 Å². The van der Waals surface area contributed by atoms with Crippen molar-refractivity contribution in [1.29, 1.82) is 0 Å². The molecule has 0 saturated carbocycles. The van der Waals surface area contributed by atoms with Crippen molar-refractivity contribution in [2.75, 3.05) is 31.2 Å². The summed E-state index contributed by atoms with van der Waals surface area (Å²) in [6, 6.07) is 7.57. The number of carboxylic acid groups (broad SMARTS) is 1. The summed E-state index contributed by atoms with van der Waals surface area (Å²) in [5.41, 5.74) is 0.765. The topological polar surface area (TPSA) is 69.6 Å². The Balaban J connectivity index is 0.00000441. The molecule has 0 fully saturated rings. The van der Waals surface area contributed by atoms with Gasteiger partial charge in [0.05, 0.1) is 18.7 Å². The van der Waals surface area contributed by atoms with Gasteiger partial charge in [-0.1, -0.05) is 18.2 Å². The number of anilines is 1. The number of nitrogens with one attached hydrogen (secondary N) is 1. The van der Waals surface area contributed by atoms with E-state index in [1.54, 1.807) is 23.7 Å². The first kappa shape index (κ1) is 20.5. The molecule has 1 aromatic rings. The van der Waals surface area contributed by atoms with E-state index >= 15 is 0 Å². The van der Waals surface area contributed by atoms with Crippen molar-refractivity contribution < 1.29 is 14.7 Å². The van der Waals surface area contributed by atoms with E-state index in [4.69, 9.17) is 5.11 Å². The van der Waals surface area contributed by atoms with Gasteiger partial charge < -0.3 is 10.4 Å². The molecule has 0 radical (unpaired) electrons. The van der Waals surface area contributed by atoms with Gasteiger partial charge in [-0.05, 0) is 19.2 Å². The standard InChI is InChI=1S/C15H20N2O3S.ClH/c1-3-10-21-13-7-5-4-6-12(13)16-14(18)11-17(2)9-8-15(19)20;/h3-7H,1,8-11H2,2H3,(H,16,18)(H,19,20);1H. The van der Waals surface area contributed by atoms with Crippen LogP contribution in [0.25, 0.3) is 0 Å². The molecule has 1 aromatic carbocycles. The highest BCUT2D eigenvalue weighted by atomic mass is 35.5. The first-order valence-electron chi connectivity index (χ1n) is 6.56. The number of benzene rings is 1. The molecule has 0 spiro atoms. The molecule has 1 amide bonds. The van der Waals surface area contributed by atoms with E-state index in [1.807, 2.05) is 30.3 Å². The Hall–Kier alpha value is -1.50. The van der Waals surface area contributed by atoms with Crippen LogP contribution in [-0.4, -0.2) is 47.8 Å². The average molecular weight is 345 g/mol. The summed E-state index contributed by atoms with van der Waals surface area (Å²) in [6.07, 6.45) is 1.83. The van der Waals surface area contributed by atoms with E-state index in [-0.39, 0.29) is 31.3 Å². The molecule has 0 unspecified atom stereocenters. The van der Waals surface area contributed by atoms with Gasteiger partial charge in [-0.15, -0.1) is 30.7 Å². The number of nitrogens with zero attached hydrogens (tertiary/aromatic N) is 1. The summed E-state index contributed by atoms with van der Waals surface area (Å²) in [7, 11) is 1.72. The van der Waals surface area contributed by atoms with Crippen molar-refractivity contribution in [3.8, 4) is 0 Å². The van der Waals surface area contributed by atoms with Gasteiger partial charge in [-0.25, -0.2) is 0 Å². The average Bonchev–Trinajstić information content (AvgIpc) is 2.44. The Morgan fingerprint density at radius 3 is 2.73 bits per heavy atom. The number of rotatable bonds is 9. The third kappa shape index (κ3) is 8.07. The van der Waals surface area contributed by atoms with Gasteiger partial charge in [0.1, 0.15) is 0 Å². The van der Waals surface area contributed by atoms with Crippen molar-refractivity contribution in [2.45, 2.75) is 11.3 Å². The molecule has 5 nitrogen and oxygen atoms in total. The van der Waals surface area contributed by atoms with Crippen LogP contribution in [0.15, 0.2) is 41.8 Å². The molecule has 0 bridgehead atoms. The second-order valence-corrected chi connectivity index (χ2v) is 5.59. The predicted octanol–water partition coefficient (Wildman–Crippen LogP) is 2.73. The number of thioether (sulfide) groups is 1. The zero-order valence-corrected chi connectivity index (χ0v) is 14.1. The van der Waals surface area contributed by atoms with Crippen LogP contribution in [-0.2, 0) is 9.59 Å². The molecule has 0 atom stereocenters. The molecule has 122 valence electrons. The van der Waals surface area contributed by atoms with Crippen molar-refractivity contribution in [3.05, 3.63) is 36.9 Å². The fourth-order valence-corrected chi connectivity index (χ4v) is 2.39. The zero-order chi connectivity index (χ0) is 15.7. The first-order chi connectivity index (χ1) is 10.0. The number of hydrogen-bond acceptors (Lipinski definition) is 4. The molecule has 0 aliphatic heterocycles. The quantitative estimate of drug-likeness (QED) is 0.532. The van der Waals surface area contributed by atoms with Crippen LogP contribution in [0.1, 0.15) is 6.42 Å². The highest BCUT2D eigenvalue weighted by molar-refractivity contribution is 7.99. The van der Waals surface area contributed by atoms with Crippen molar-refractivity contribution in [3.63, 3.8) is 0 Å². The minimum Gasteiger partial charge on any atom is -0.481 e. The maximum absolute atomic E-state index is 12.0. The van der Waals surface area contributed by atoms with Crippen LogP contribution in [0.3, 0.4) is 0 Å². The first-order valence-corrected chi connectivity index (χ1v) is 7.54. The number of halogens is 1. The monoisotopic (exact) mass is 344 g/mol. The molecule has 0 saturated heterocycles. The van der Waals surface area contributed by atoms with Crippen molar-refractivity contribution in [2.24, 2.45) is 0 Å². The second kappa shape index (κ2) is 11.1. The number of carbonyl (C=O) groups excluding carboxylic acids is 1. The summed E-state index contributed by atoms with van der Waals surface area (Å²) >= 11 is 1.60. The third-order valence-electron chi connectivity index (χ3n) is 2.64. The molecule has 22 heavy (non-hydrogen) atoms. The van der Waals surface area contributed by atoms with E-state index in [0.717, 1.165) is 16.3 Å². The van der Waals surface area contributed by atoms with Crippen LogP contribution < -0.4 is 5.32 Å². The van der Waals surface area contributed by atoms with E-state index in [0.29, 0.717) is 6.54 Å². The van der Waals surface area contributed by atoms with Gasteiger partial charge in [-0.3, -0.25) is 14.5 Å². The van der Waals surface area contributed by atoms with Gasteiger partial charge in [0.25, 0.3) is 0 Å². The Morgan fingerprint density at radius 1 is 1.41 bits per heavy atom. The van der Waals surface area contributed by atoms with Crippen LogP contribution in [0, 0.1) is 0 Å². The maximum atomic E-state index is 12.0. The molecular weight excluding hydrogens is 324 g/mol. The largest absolute Gasteiger partial charge is 0.481 e. The summed E-state index contributed by atoms with van der Waals surface area (Å²) in [6.45, 7) is 4.18. The highest BCUT2D eigenvalue weighted by Crippen LogP contribution is 2.26. The van der Waals surface area contributed by atoms with Crippen LogP contribution >= 0.6 is 24.2 Å². The smallest absolute Gasteiger partial charge is 0.304 e. The molecule has 0 aliphatic rings. The molecular formula is C15H21ClN2O3S. The molecule has 2 N–H and O–H groups in total. The molecule has 1 rings (SSSR count). The summed E-state index contributed by atoms with van der Waals surface area (Å²) in [5, 5.41) is 11.5. The van der Waals surface area contributed by atoms with Crippen molar-refractivity contribution in [1.82, 2.24) is 4.90 Å². The summed E-state index contributed by atoms with van der Waals surface area (Å²) < 4.78 is 0. The Bertz CT molecular complexity index is 511. The van der Waals surface area contributed by atoms with Gasteiger partial charge in [0.2, 0.25) is 5.91 Å². The lowest BCUT2D eigenvalue weighted by atomic mass is 10.3.